The Hall–Kier alpha value is -3.53. The predicted octanol–water partition coefficient (Wildman–Crippen LogP) is 4.59. The Kier molecular flexibility index (Phi) is 5.33. The van der Waals surface area contributed by atoms with Crippen molar-refractivity contribution in [2.24, 2.45) is 16.0 Å². The van der Waals surface area contributed by atoms with Gasteiger partial charge in [-0.1, -0.05) is 19.9 Å². The molecule has 1 aromatic carbocycles. The number of amidine groups is 2. The molecule has 0 spiro atoms. The van der Waals surface area contributed by atoms with Crippen molar-refractivity contribution in [2.75, 3.05) is 0 Å². The number of hydrazone groups is 1. The number of amides is 1. The highest BCUT2D eigenvalue weighted by Gasteiger charge is 2.36. The van der Waals surface area contributed by atoms with Crippen molar-refractivity contribution in [3.05, 3.63) is 62.5 Å². The predicted molar refractivity (Wildman–Crippen MR) is 126 cm³/mol. The molecular formula is C22H22N6O3S. The van der Waals surface area contributed by atoms with Gasteiger partial charge in [0, 0.05) is 29.4 Å². The van der Waals surface area contributed by atoms with Gasteiger partial charge < -0.3 is 4.57 Å². The number of thioether (sulfide) groups is 1. The first-order valence-electron chi connectivity index (χ1n) is 10.0. The maximum Gasteiger partial charge on any atom is 0.283 e. The number of nitro benzene ring substituents is 1. The highest BCUT2D eigenvalue weighted by molar-refractivity contribution is 8.27. The van der Waals surface area contributed by atoms with E-state index in [1.165, 1.54) is 22.8 Å². The minimum Gasteiger partial charge on any atom is -0.317 e. The molecule has 3 heterocycles. The zero-order chi connectivity index (χ0) is 23.3. The van der Waals surface area contributed by atoms with Crippen LogP contribution in [0.4, 0.5) is 5.69 Å². The van der Waals surface area contributed by atoms with Crippen LogP contribution in [0.2, 0.25) is 0 Å². The highest BCUT2D eigenvalue weighted by Crippen LogP contribution is 2.32. The molecule has 4 rings (SSSR count). The van der Waals surface area contributed by atoms with Gasteiger partial charge in [0.05, 0.1) is 16.2 Å². The van der Waals surface area contributed by atoms with Crippen molar-refractivity contribution >= 4 is 45.5 Å². The Bertz CT molecular complexity index is 1280. The van der Waals surface area contributed by atoms with Crippen LogP contribution in [-0.4, -0.2) is 36.5 Å². The van der Waals surface area contributed by atoms with Gasteiger partial charge in [0.1, 0.15) is 5.04 Å². The first kappa shape index (κ1) is 21.7. The summed E-state index contributed by atoms with van der Waals surface area (Å²) in [6.07, 6.45) is 1.64. The lowest BCUT2D eigenvalue weighted by Crippen LogP contribution is -2.35. The van der Waals surface area contributed by atoms with Crippen LogP contribution in [-0.2, 0) is 4.79 Å². The van der Waals surface area contributed by atoms with Gasteiger partial charge in [-0.05, 0) is 55.8 Å². The molecule has 2 aliphatic heterocycles. The zero-order valence-corrected chi connectivity index (χ0v) is 19.1. The van der Waals surface area contributed by atoms with Gasteiger partial charge in [-0.25, -0.2) is 0 Å². The van der Waals surface area contributed by atoms with Crippen LogP contribution in [0.15, 0.2) is 39.9 Å². The quantitative estimate of drug-likeness (QED) is 0.415. The van der Waals surface area contributed by atoms with E-state index in [0.717, 1.165) is 27.6 Å². The third-order valence-corrected chi connectivity index (χ3v) is 6.59. The lowest BCUT2D eigenvalue weighted by molar-refractivity contribution is -0.384. The molecule has 9 nitrogen and oxygen atoms in total. The molecule has 0 bridgehead atoms. The number of nitrogens with zero attached hydrogens (tertiary/aromatic N) is 5. The molecule has 2 aromatic rings. The Morgan fingerprint density at radius 1 is 1.22 bits per heavy atom. The molecule has 1 N–H and O–H groups in total. The second-order valence-electron chi connectivity index (χ2n) is 8.00. The summed E-state index contributed by atoms with van der Waals surface area (Å²) < 4.78 is 1.92. The van der Waals surface area contributed by atoms with Gasteiger partial charge in [-0.3, -0.25) is 20.3 Å². The number of nitro groups is 1. The van der Waals surface area contributed by atoms with Crippen molar-refractivity contribution in [2.45, 2.75) is 34.6 Å². The second kappa shape index (κ2) is 7.86. The highest BCUT2D eigenvalue weighted by atomic mass is 32.2. The van der Waals surface area contributed by atoms with E-state index in [2.05, 4.69) is 10.1 Å². The zero-order valence-electron chi connectivity index (χ0n) is 18.3. The first-order chi connectivity index (χ1) is 15.1. The van der Waals surface area contributed by atoms with E-state index in [1.54, 1.807) is 18.2 Å². The van der Waals surface area contributed by atoms with E-state index in [-0.39, 0.29) is 23.0 Å². The number of aromatic nitrogens is 1. The molecule has 10 heteroatoms. The number of carbonyl (C=O) groups excluding carboxylic acids is 1. The Balaban J connectivity index is 1.78. The monoisotopic (exact) mass is 450 g/mol. The lowest BCUT2D eigenvalue weighted by atomic mass is 10.1. The fourth-order valence-corrected chi connectivity index (χ4v) is 4.54. The SMILES string of the molecule is Cc1ccc([N+](=O)[O-])cc1-n1c(C)cc(/C=C2/C(=N)N3N=C(C(C)C)SC3=NC2=O)c1C. The summed E-state index contributed by atoms with van der Waals surface area (Å²) in [6.45, 7) is 9.66. The molecule has 1 amide bonds. The average Bonchev–Trinajstić information content (AvgIpc) is 3.27. The lowest BCUT2D eigenvalue weighted by Gasteiger charge is -2.20. The van der Waals surface area contributed by atoms with Crippen LogP contribution >= 0.6 is 11.8 Å². The largest absolute Gasteiger partial charge is 0.317 e. The maximum atomic E-state index is 12.7. The van der Waals surface area contributed by atoms with Gasteiger partial charge in [0.15, 0.2) is 5.84 Å². The van der Waals surface area contributed by atoms with Crippen molar-refractivity contribution < 1.29 is 9.72 Å². The summed E-state index contributed by atoms with van der Waals surface area (Å²) in [7, 11) is 0. The van der Waals surface area contributed by atoms with Crippen LogP contribution in [0.25, 0.3) is 11.8 Å². The average molecular weight is 451 g/mol. The molecule has 0 aliphatic carbocycles. The second-order valence-corrected chi connectivity index (χ2v) is 8.99. The Morgan fingerprint density at radius 2 is 1.94 bits per heavy atom. The summed E-state index contributed by atoms with van der Waals surface area (Å²) in [4.78, 5) is 27.7. The van der Waals surface area contributed by atoms with E-state index < -0.39 is 10.8 Å². The van der Waals surface area contributed by atoms with Gasteiger partial charge in [0.2, 0.25) is 5.17 Å². The van der Waals surface area contributed by atoms with Crippen LogP contribution in [0.3, 0.4) is 0 Å². The normalized spacial score (nSPS) is 17.2. The minimum atomic E-state index is -0.481. The smallest absolute Gasteiger partial charge is 0.283 e. The van der Waals surface area contributed by atoms with Gasteiger partial charge >= 0.3 is 0 Å². The third-order valence-electron chi connectivity index (χ3n) is 5.38. The number of benzene rings is 1. The molecule has 2 aliphatic rings. The topological polar surface area (TPSA) is 117 Å². The number of aliphatic imine (C=N–C) groups is 1. The molecule has 0 fully saturated rings. The number of carbonyl (C=O) groups is 1. The molecule has 1 aromatic heterocycles. The Labute approximate surface area is 189 Å². The molecule has 0 radical (unpaired) electrons. The van der Waals surface area contributed by atoms with Crippen molar-refractivity contribution in [3.63, 3.8) is 0 Å². The molecule has 0 atom stereocenters. The molecule has 164 valence electrons. The maximum absolute atomic E-state index is 12.7. The van der Waals surface area contributed by atoms with E-state index in [0.29, 0.717) is 10.9 Å². The van der Waals surface area contributed by atoms with Crippen LogP contribution in [0, 0.1) is 42.2 Å². The number of aryl methyl sites for hydroxylation is 2. The number of nitrogens with one attached hydrogen (secondary N) is 1. The van der Waals surface area contributed by atoms with Crippen LogP contribution in [0.1, 0.15) is 36.4 Å². The Morgan fingerprint density at radius 3 is 2.59 bits per heavy atom. The van der Waals surface area contributed by atoms with Crippen molar-refractivity contribution in [1.29, 1.82) is 5.41 Å². The summed E-state index contributed by atoms with van der Waals surface area (Å²) in [5.41, 5.74) is 4.14. The number of non-ortho nitro benzene ring substituents is 1. The molecule has 0 unspecified atom stereocenters. The van der Waals surface area contributed by atoms with Gasteiger partial charge in [-0.2, -0.15) is 15.1 Å². The van der Waals surface area contributed by atoms with Gasteiger partial charge in [0.25, 0.3) is 11.6 Å². The molecule has 0 saturated carbocycles. The number of rotatable bonds is 4. The fourth-order valence-electron chi connectivity index (χ4n) is 3.65. The number of hydrogen-bond acceptors (Lipinski definition) is 6. The van der Waals surface area contributed by atoms with Gasteiger partial charge in [-0.15, -0.1) is 0 Å². The molecule has 0 saturated heterocycles. The third kappa shape index (κ3) is 3.56. The molecular weight excluding hydrogens is 428 g/mol. The van der Waals surface area contributed by atoms with Crippen LogP contribution < -0.4 is 0 Å². The summed E-state index contributed by atoms with van der Waals surface area (Å²) in [6, 6.07) is 6.63. The fraction of sp³-hybridized carbons (Fsp3) is 0.273. The summed E-state index contributed by atoms with van der Waals surface area (Å²) in [5, 5.41) is 26.9. The summed E-state index contributed by atoms with van der Waals surface area (Å²) in [5.74, 6) is -0.328. The standard InChI is InChI=1S/C22H22N6O3S/c1-11(2)21-25-27-19(23)17(20(29)24-22(27)32-21)9-15-8-13(4)26(14(15)5)18-10-16(28(30)31)7-6-12(18)3/h6-11,23H,1-5H3/b17-9-,23-19?. The van der Waals surface area contributed by atoms with Crippen LogP contribution in [0.5, 0.6) is 0 Å². The van der Waals surface area contributed by atoms with E-state index in [1.807, 2.05) is 45.3 Å². The van der Waals surface area contributed by atoms with Crippen molar-refractivity contribution in [3.8, 4) is 5.69 Å². The molecule has 32 heavy (non-hydrogen) atoms. The van der Waals surface area contributed by atoms with E-state index in [9.17, 15) is 14.9 Å². The number of hydrogen-bond donors (Lipinski definition) is 1. The van der Waals surface area contributed by atoms with Crippen molar-refractivity contribution in [1.82, 2.24) is 9.58 Å². The summed E-state index contributed by atoms with van der Waals surface area (Å²) >= 11 is 1.31. The van der Waals surface area contributed by atoms with E-state index >= 15 is 0 Å². The number of fused-ring (bicyclic) bond motifs is 1. The van der Waals surface area contributed by atoms with E-state index in [4.69, 9.17) is 5.41 Å². The minimum absolute atomic E-state index is 0.00876. The first-order valence-corrected chi connectivity index (χ1v) is 10.8.